The minimum Gasteiger partial charge on any atom is -0.497 e. The average Bonchev–Trinajstić information content (AvgIpc) is 2.43. The Labute approximate surface area is 125 Å². The number of benzene rings is 1. The van der Waals surface area contributed by atoms with E-state index in [1.165, 1.54) is 6.33 Å². The van der Waals surface area contributed by atoms with Crippen LogP contribution in [0.15, 0.2) is 30.6 Å². The van der Waals surface area contributed by atoms with Gasteiger partial charge in [0.05, 0.1) is 13.5 Å². The number of aromatic nitrogens is 2. The summed E-state index contributed by atoms with van der Waals surface area (Å²) < 4.78 is 5.10. The molecule has 0 radical (unpaired) electrons. The molecule has 20 heavy (non-hydrogen) atoms. The average molecular weight is 312 g/mol. The molecule has 0 unspecified atom stereocenters. The van der Waals surface area contributed by atoms with Crippen LogP contribution < -0.4 is 10.1 Å². The van der Waals surface area contributed by atoms with Crippen molar-refractivity contribution >= 4 is 34.8 Å². The number of nitrogens with one attached hydrogen (secondary N) is 1. The van der Waals surface area contributed by atoms with Crippen molar-refractivity contribution in [3.05, 3.63) is 46.5 Å². The van der Waals surface area contributed by atoms with Crippen molar-refractivity contribution in [3.8, 4) is 5.75 Å². The minimum absolute atomic E-state index is 0.101. The molecule has 104 valence electrons. The molecular weight excluding hydrogens is 301 g/mol. The molecule has 0 bridgehead atoms. The number of carbonyl (C=O) groups is 1. The van der Waals surface area contributed by atoms with E-state index in [2.05, 4.69) is 15.3 Å². The van der Waals surface area contributed by atoms with E-state index >= 15 is 0 Å². The maximum absolute atomic E-state index is 12.0. The van der Waals surface area contributed by atoms with Gasteiger partial charge >= 0.3 is 0 Å². The number of carbonyl (C=O) groups excluding carboxylic acids is 1. The second-order valence-electron chi connectivity index (χ2n) is 3.91. The second-order valence-corrected chi connectivity index (χ2v) is 4.62. The molecule has 1 aromatic heterocycles. The van der Waals surface area contributed by atoms with Crippen LogP contribution in [0.2, 0.25) is 10.3 Å². The Balaban J connectivity index is 2.09. The van der Waals surface area contributed by atoms with Crippen molar-refractivity contribution < 1.29 is 9.53 Å². The molecule has 1 N–H and O–H groups in total. The third-order valence-corrected chi connectivity index (χ3v) is 3.09. The van der Waals surface area contributed by atoms with Gasteiger partial charge in [-0.25, -0.2) is 9.97 Å². The van der Waals surface area contributed by atoms with Crippen LogP contribution in [0.25, 0.3) is 0 Å². The molecule has 1 heterocycles. The summed E-state index contributed by atoms with van der Waals surface area (Å²) in [5.41, 5.74) is 1.02. The Morgan fingerprint density at radius 1 is 1.30 bits per heavy atom. The lowest BCUT2D eigenvalue weighted by molar-refractivity contribution is -0.115. The monoisotopic (exact) mass is 311 g/mol. The fourth-order valence-electron chi connectivity index (χ4n) is 1.60. The maximum Gasteiger partial charge on any atom is 0.228 e. The van der Waals surface area contributed by atoms with E-state index in [0.29, 0.717) is 5.75 Å². The van der Waals surface area contributed by atoms with Crippen LogP contribution in [-0.2, 0) is 11.2 Å². The van der Waals surface area contributed by atoms with Gasteiger partial charge in [-0.2, -0.15) is 0 Å². The third kappa shape index (κ3) is 3.59. The van der Waals surface area contributed by atoms with Crippen LogP contribution >= 0.6 is 23.2 Å². The first-order valence-corrected chi connectivity index (χ1v) is 6.44. The maximum atomic E-state index is 12.0. The molecule has 1 amide bonds. The van der Waals surface area contributed by atoms with Gasteiger partial charge in [-0.05, 0) is 17.7 Å². The Morgan fingerprint density at radius 2 is 2.00 bits per heavy atom. The normalized spacial score (nSPS) is 10.2. The zero-order chi connectivity index (χ0) is 14.5. The molecule has 0 aliphatic carbocycles. The quantitative estimate of drug-likeness (QED) is 0.882. The van der Waals surface area contributed by atoms with Crippen molar-refractivity contribution in [2.24, 2.45) is 0 Å². The number of methoxy groups -OCH3 is 1. The number of ether oxygens (including phenoxy) is 1. The largest absolute Gasteiger partial charge is 0.497 e. The number of rotatable bonds is 4. The summed E-state index contributed by atoms with van der Waals surface area (Å²) in [5, 5.41) is 2.80. The first-order chi connectivity index (χ1) is 9.60. The fraction of sp³-hybridized carbons (Fsp3) is 0.154. The number of halogens is 2. The molecule has 7 heteroatoms. The molecule has 0 spiro atoms. The second kappa shape index (κ2) is 6.54. The highest BCUT2D eigenvalue weighted by atomic mass is 35.5. The van der Waals surface area contributed by atoms with Gasteiger partial charge in [0.1, 0.15) is 17.8 Å². The molecule has 2 rings (SSSR count). The van der Waals surface area contributed by atoms with Crippen LogP contribution in [0.4, 0.5) is 5.69 Å². The van der Waals surface area contributed by atoms with Gasteiger partial charge in [-0.15, -0.1) is 0 Å². The Hall–Kier alpha value is -1.85. The van der Waals surface area contributed by atoms with Crippen LogP contribution in [0.1, 0.15) is 5.56 Å². The Kier molecular flexibility index (Phi) is 4.76. The summed E-state index contributed by atoms with van der Waals surface area (Å²) in [4.78, 5) is 19.5. The molecule has 2 aromatic rings. The number of hydrogen-bond donors (Lipinski definition) is 1. The van der Waals surface area contributed by atoms with Gasteiger partial charge in [0.15, 0.2) is 10.3 Å². The van der Waals surface area contributed by atoms with Crippen molar-refractivity contribution in [2.45, 2.75) is 6.42 Å². The summed E-state index contributed by atoms with van der Waals surface area (Å²) in [6, 6.07) is 7.23. The molecule has 0 fully saturated rings. The van der Waals surface area contributed by atoms with Crippen molar-refractivity contribution in [3.63, 3.8) is 0 Å². The van der Waals surface area contributed by atoms with E-state index in [4.69, 9.17) is 27.9 Å². The van der Waals surface area contributed by atoms with E-state index < -0.39 is 0 Å². The molecule has 0 atom stereocenters. The summed E-state index contributed by atoms with van der Waals surface area (Å²) in [7, 11) is 1.57. The smallest absolute Gasteiger partial charge is 0.228 e. The van der Waals surface area contributed by atoms with E-state index in [9.17, 15) is 4.79 Å². The first kappa shape index (κ1) is 14.6. The number of anilines is 1. The Bertz CT molecular complexity index is 615. The lowest BCUT2D eigenvalue weighted by atomic mass is 10.1. The van der Waals surface area contributed by atoms with Crippen molar-refractivity contribution in [2.75, 3.05) is 12.4 Å². The molecule has 0 aliphatic heterocycles. The number of hydrogen-bond acceptors (Lipinski definition) is 4. The zero-order valence-electron chi connectivity index (χ0n) is 10.6. The highest BCUT2D eigenvalue weighted by Gasteiger charge is 2.12. The SMILES string of the molecule is COc1cccc(CC(=O)Nc2c(Cl)ncnc2Cl)c1. The van der Waals surface area contributed by atoms with Crippen LogP contribution in [0.3, 0.4) is 0 Å². The highest BCUT2D eigenvalue weighted by Crippen LogP contribution is 2.25. The topological polar surface area (TPSA) is 64.1 Å². The summed E-state index contributed by atoms with van der Waals surface area (Å²) >= 11 is 11.7. The lowest BCUT2D eigenvalue weighted by Gasteiger charge is -2.08. The van der Waals surface area contributed by atoms with Gasteiger partial charge < -0.3 is 10.1 Å². The molecule has 1 aromatic carbocycles. The van der Waals surface area contributed by atoms with Crippen molar-refractivity contribution in [1.82, 2.24) is 9.97 Å². The summed E-state index contributed by atoms with van der Waals surface area (Å²) in [6.07, 6.45) is 1.39. The van der Waals surface area contributed by atoms with Gasteiger partial charge in [0, 0.05) is 0 Å². The van der Waals surface area contributed by atoms with Crippen molar-refractivity contribution in [1.29, 1.82) is 0 Å². The molecule has 0 saturated carbocycles. The van der Waals surface area contributed by atoms with Crippen LogP contribution in [-0.4, -0.2) is 23.0 Å². The van der Waals surface area contributed by atoms with Gasteiger partial charge in [0.25, 0.3) is 0 Å². The Morgan fingerprint density at radius 3 is 2.65 bits per heavy atom. The minimum atomic E-state index is -0.267. The van der Waals surface area contributed by atoms with Gasteiger partial charge in [-0.1, -0.05) is 35.3 Å². The first-order valence-electron chi connectivity index (χ1n) is 5.69. The summed E-state index contributed by atoms with van der Waals surface area (Å²) in [5.74, 6) is 0.422. The van der Waals surface area contributed by atoms with E-state index in [-0.39, 0.29) is 28.3 Å². The highest BCUT2D eigenvalue weighted by molar-refractivity contribution is 6.38. The molecule has 0 aliphatic rings. The van der Waals surface area contributed by atoms with E-state index in [0.717, 1.165) is 5.56 Å². The zero-order valence-corrected chi connectivity index (χ0v) is 12.1. The number of nitrogens with zero attached hydrogens (tertiary/aromatic N) is 2. The summed E-state index contributed by atoms with van der Waals surface area (Å²) in [6.45, 7) is 0. The molecular formula is C13H11Cl2N3O2. The molecule has 5 nitrogen and oxygen atoms in total. The van der Waals surface area contributed by atoms with Crippen LogP contribution in [0.5, 0.6) is 5.75 Å². The predicted octanol–water partition coefficient (Wildman–Crippen LogP) is 2.97. The third-order valence-electron chi connectivity index (χ3n) is 2.52. The van der Waals surface area contributed by atoms with Gasteiger partial charge in [0.2, 0.25) is 5.91 Å². The fourth-order valence-corrected chi connectivity index (χ4v) is 2.01. The van der Waals surface area contributed by atoms with E-state index in [1.807, 2.05) is 12.1 Å². The predicted molar refractivity (Wildman–Crippen MR) is 77.4 cm³/mol. The number of amides is 1. The standard InChI is InChI=1S/C13H11Cl2N3O2/c1-20-9-4-2-3-8(5-9)6-10(19)18-11-12(14)16-7-17-13(11)15/h2-5,7H,6H2,1H3,(H,18,19). The molecule has 0 saturated heterocycles. The van der Waals surface area contributed by atoms with Gasteiger partial charge in [-0.3, -0.25) is 4.79 Å². The lowest BCUT2D eigenvalue weighted by Crippen LogP contribution is -2.15. The van der Waals surface area contributed by atoms with Crippen LogP contribution in [0, 0.1) is 0 Å². The van der Waals surface area contributed by atoms with E-state index in [1.54, 1.807) is 19.2 Å².